The summed E-state index contributed by atoms with van der Waals surface area (Å²) in [5.41, 5.74) is 0. The summed E-state index contributed by atoms with van der Waals surface area (Å²) in [6.45, 7) is 2.56. The first-order chi connectivity index (χ1) is 6.77. The zero-order valence-electron chi connectivity index (χ0n) is 9.04. The molecule has 0 bridgehead atoms. The molecule has 0 fully saturated rings. The van der Waals surface area contributed by atoms with Crippen molar-refractivity contribution < 1.29 is 12.6 Å². The van der Waals surface area contributed by atoms with Crippen molar-refractivity contribution in [3.05, 3.63) is 0 Å². The SMILES string of the molecule is CCCCCCCCCCO[SH](=O)=O.[KH]. The number of rotatable bonds is 10. The summed E-state index contributed by atoms with van der Waals surface area (Å²) >= 11 is 0. The van der Waals surface area contributed by atoms with Crippen LogP contribution in [0.3, 0.4) is 0 Å². The van der Waals surface area contributed by atoms with Gasteiger partial charge >= 0.3 is 51.4 Å². The summed E-state index contributed by atoms with van der Waals surface area (Å²) in [6, 6.07) is 0. The summed E-state index contributed by atoms with van der Waals surface area (Å²) in [5, 5.41) is 0. The van der Waals surface area contributed by atoms with Crippen molar-refractivity contribution in [1.82, 2.24) is 0 Å². The van der Waals surface area contributed by atoms with Crippen LogP contribution in [-0.2, 0) is 15.2 Å². The van der Waals surface area contributed by atoms with Crippen LogP contribution < -0.4 is 0 Å². The average molecular weight is 262 g/mol. The van der Waals surface area contributed by atoms with Crippen LogP contribution in [0.4, 0.5) is 0 Å². The first-order valence-corrected chi connectivity index (χ1v) is 6.64. The summed E-state index contributed by atoms with van der Waals surface area (Å²) < 4.78 is 24.5. The van der Waals surface area contributed by atoms with Crippen LogP contribution in [0.2, 0.25) is 0 Å². The van der Waals surface area contributed by atoms with Crippen molar-refractivity contribution in [2.45, 2.75) is 58.3 Å². The predicted octanol–water partition coefficient (Wildman–Crippen LogP) is 2.02. The number of unbranched alkanes of at least 4 members (excludes halogenated alkanes) is 7. The molecule has 0 atom stereocenters. The van der Waals surface area contributed by atoms with Crippen molar-refractivity contribution >= 4 is 62.4 Å². The summed E-state index contributed by atoms with van der Waals surface area (Å²) in [4.78, 5) is 0. The maximum atomic E-state index is 10.0. The molecule has 0 aliphatic heterocycles. The van der Waals surface area contributed by atoms with Gasteiger partial charge in [0.2, 0.25) is 0 Å². The molecule has 0 rings (SSSR count). The number of hydrogen-bond acceptors (Lipinski definition) is 3. The van der Waals surface area contributed by atoms with E-state index in [0.29, 0.717) is 6.61 Å². The Hall–Kier alpha value is 1.55. The monoisotopic (exact) mass is 262 g/mol. The minimum atomic E-state index is -2.63. The zero-order chi connectivity index (χ0) is 10.6. The normalized spacial score (nSPS) is 10.3. The molecule has 0 N–H and O–H groups in total. The maximum absolute atomic E-state index is 10.0. The second kappa shape index (κ2) is 15.5. The molecule has 0 aromatic heterocycles. The second-order valence-corrected chi connectivity index (χ2v) is 4.24. The minimum absolute atomic E-state index is 0. The molecule has 0 unspecified atom stereocenters. The van der Waals surface area contributed by atoms with E-state index in [-0.39, 0.29) is 51.4 Å². The van der Waals surface area contributed by atoms with E-state index >= 15 is 0 Å². The first-order valence-electron chi connectivity index (χ1n) is 5.54. The molecule has 0 aromatic rings. The third kappa shape index (κ3) is 18.1. The fourth-order valence-corrected chi connectivity index (χ4v) is 1.65. The molecule has 0 amide bonds. The van der Waals surface area contributed by atoms with Crippen molar-refractivity contribution in [2.24, 2.45) is 0 Å². The van der Waals surface area contributed by atoms with E-state index in [1.54, 1.807) is 0 Å². The molecule has 0 radical (unpaired) electrons. The first kappa shape index (κ1) is 18.9. The Morgan fingerprint density at radius 2 is 1.33 bits per heavy atom. The van der Waals surface area contributed by atoms with Gasteiger partial charge in [-0.3, -0.25) is 4.18 Å². The molecule has 3 nitrogen and oxygen atoms in total. The summed E-state index contributed by atoms with van der Waals surface area (Å²) in [7, 11) is -2.63. The Balaban J connectivity index is 0. The van der Waals surface area contributed by atoms with Gasteiger partial charge in [0.1, 0.15) is 0 Å². The standard InChI is InChI=1S/C10H22O3S.K.H/c1-2-3-4-5-6-7-8-9-10-13-14(11)12;;/h14H,2-10H2,1H3;;. The molecule has 0 spiro atoms. The molecular weight excluding hydrogens is 239 g/mol. The molecule has 0 saturated heterocycles. The van der Waals surface area contributed by atoms with Gasteiger partial charge in [0.15, 0.2) is 0 Å². The molecule has 5 heteroatoms. The van der Waals surface area contributed by atoms with Gasteiger partial charge in [-0.05, 0) is 6.42 Å². The van der Waals surface area contributed by atoms with Gasteiger partial charge in [-0.25, -0.2) is 8.42 Å². The third-order valence-corrected chi connectivity index (χ3v) is 2.59. The van der Waals surface area contributed by atoms with Crippen molar-refractivity contribution in [2.75, 3.05) is 6.61 Å². The van der Waals surface area contributed by atoms with Crippen LogP contribution in [-0.4, -0.2) is 66.4 Å². The summed E-state index contributed by atoms with van der Waals surface area (Å²) in [5.74, 6) is 0. The Morgan fingerprint density at radius 3 is 1.80 bits per heavy atom. The molecule has 0 aromatic carbocycles. The van der Waals surface area contributed by atoms with Gasteiger partial charge in [-0.15, -0.1) is 0 Å². The molecular formula is C10H23KO3S. The zero-order valence-corrected chi connectivity index (χ0v) is 9.93. The van der Waals surface area contributed by atoms with E-state index < -0.39 is 11.0 Å². The quantitative estimate of drug-likeness (QED) is 0.372. The van der Waals surface area contributed by atoms with Gasteiger partial charge in [-0.2, -0.15) is 0 Å². The molecule has 88 valence electrons. The van der Waals surface area contributed by atoms with Crippen LogP contribution in [0.5, 0.6) is 0 Å². The molecule has 0 heterocycles. The fourth-order valence-electron chi connectivity index (χ4n) is 1.38. The van der Waals surface area contributed by atoms with Crippen molar-refractivity contribution in [1.29, 1.82) is 0 Å². The van der Waals surface area contributed by atoms with Gasteiger partial charge in [-0.1, -0.05) is 51.9 Å². The van der Waals surface area contributed by atoms with Crippen LogP contribution in [0, 0.1) is 0 Å². The van der Waals surface area contributed by atoms with Crippen LogP contribution >= 0.6 is 0 Å². The van der Waals surface area contributed by atoms with Crippen LogP contribution in [0.15, 0.2) is 0 Å². The Bertz CT molecular complexity index is 176. The van der Waals surface area contributed by atoms with Gasteiger partial charge < -0.3 is 0 Å². The second-order valence-electron chi connectivity index (χ2n) is 3.53. The third-order valence-electron chi connectivity index (χ3n) is 2.19. The van der Waals surface area contributed by atoms with Crippen molar-refractivity contribution in [3.63, 3.8) is 0 Å². The number of hydrogen-bond donors (Lipinski definition) is 1. The Morgan fingerprint density at radius 1 is 0.867 bits per heavy atom. The van der Waals surface area contributed by atoms with Crippen LogP contribution in [0.25, 0.3) is 0 Å². The van der Waals surface area contributed by atoms with Crippen molar-refractivity contribution in [3.8, 4) is 0 Å². The van der Waals surface area contributed by atoms with E-state index in [0.717, 1.165) is 12.8 Å². The molecule has 15 heavy (non-hydrogen) atoms. The summed E-state index contributed by atoms with van der Waals surface area (Å²) in [6.07, 6.45) is 9.66. The molecule has 0 aliphatic carbocycles. The van der Waals surface area contributed by atoms with E-state index in [1.807, 2.05) is 0 Å². The Kier molecular flexibility index (Phi) is 19.6. The van der Waals surface area contributed by atoms with Gasteiger partial charge in [0, 0.05) is 0 Å². The Labute approximate surface area is 138 Å². The van der Waals surface area contributed by atoms with E-state index in [2.05, 4.69) is 11.1 Å². The van der Waals surface area contributed by atoms with E-state index in [4.69, 9.17) is 0 Å². The molecule has 0 saturated carbocycles. The topological polar surface area (TPSA) is 43.4 Å². The van der Waals surface area contributed by atoms with E-state index in [1.165, 1.54) is 38.5 Å². The average Bonchev–Trinajstić information content (AvgIpc) is 2.15. The molecule has 0 aliphatic rings. The van der Waals surface area contributed by atoms with Gasteiger partial charge in [0.25, 0.3) is 11.0 Å². The number of thiol groups is 1. The van der Waals surface area contributed by atoms with Gasteiger partial charge in [0.05, 0.1) is 6.61 Å². The van der Waals surface area contributed by atoms with E-state index in [9.17, 15) is 8.42 Å². The van der Waals surface area contributed by atoms with Crippen LogP contribution in [0.1, 0.15) is 58.3 Å². The fraction of sp³-hybridized carbons (Fsp3) is 1.00. The predicted molar refractivity (Wildman–Crippen MR) is 66.0 cm³/mol.